The van der Waals surface area contributed by atoms with Crippen molar-refractivity contribution < 1.29 is 9.53 Å². The zero-order valence-electron chi connectivity index (χ0n) is 12.2. The molecule has 1 atom stereocenters. The van der Waals surface area contributed by atoms with Gasteiger partial charge in [0.05, 0.1) is 23.2 Å². The van der Waals surface area contributed by atoms with Crippen molar-refractivity contribution in [2.45, 2.75) is 32.7 Å². The third kappa shape index (κ3) is 4.98. The third-order valence-electron chi connectivity index (χ3n) is 2.84. The number of hydrogen-bond acceptors (Lipinski definition) is 4. The van der Waals surface area contributed by atoms with Gasteiger partial charge in [0.2, 0.25) is 0 Å². The first-order valence-corrected chi connectivity index (χ1v) is 7.19. The molecule has 112 valence electrons. The van der Waals surface area contributed by atoms with Crippen molar-refractivity contribution in [2.75, 3.05) is 25.6 Å². The largest absolute Gasteiger partial charge is 0.383 e. The number of anilines is 1. The molecule has 1 unspecified atom stereocenters. The lowest BCUT2D eigenvalue weighted by atomic mass is 10.2. The molecule has 0 bridgehead atoms. The number of halogens is 1. The first-order chi connectivity index (χ1) is 9.62. The van der Waals surface area contributed by atoms with Crippen molar-refractivity contribution in [1.29, 1.82) is 0 Å². The number of ether oxygens (including phenoxy) is 1. The van der Waals surface area contributed by atoms with Gasteiger partial charge in [0.25, 0.3) is 5.91 Å². The number of nitrogens with one attached hydrogen (secondary N) is 2. The van der Waals surface area contributed by atoms with E-state index in [-0.39, 0.29) is 11.9 Å². The molecule has 20 heavy (non-hydrogen) atoms. The van der Waals surface area contributed by atoms with Crippen molar-refractivity contribution in [3.8, 4) is 0 Å². The topological polar surface area (TPSA) is 63.2 Å². The van der Waals surface area contributed by atoms with Gasteiger partial charge in [-0.2, -0.15) is 0 Å². The molecule has 0 radical (unpaired) electrons. The Bertz CT molecular complexity index is 440. The van der Waals surface area contributed by atoms with Gasteiger partial charge in [-0.15, -0.1) is 0 Å². The highest BCUT2D eigenvalue weighted by atomic mass is 35.5. The molecule has 0 aliphatic rings. The molecule has 0 saturated carbocycles. The lowest BCUT2D eigenvalue weighted by Crippen LogP contribution is -2.37. The zero-order valence-corrected chi connectivity index (χ0v) is 13.0. The summed E-state index contributed by atoms with van der Waals surface area (Å²) in [7, 11) is 1.61. The van der Waals surface area contributed by atoms with E-state index in [1.807, 2.05) is 6.92 Å². The molecular weight excluding hydrogens is 278 g/mol. The van der Waals surface area contributed by atoms with E-state index in [9.17, 15) is 4.79 Å². The average molecular weight is 300 g/mol. The van der Waals surface area contributed by atoms with Crippen LogP contribution in [0.3, 0.4) is 0 Å². The molecule has 0 aliphatic heterocycles. The van der Waals surface area contributed by atoms with Crippen molar-refractivity contribution in [2.24, 2.45) is 0 Å². The van der Waals surface area contributed by atoms with Gasteiger partial charge in [0.1, 0.15) is 5.82 Å². The molecule has 1 rings (SSSR count). The predicted octanol–water partition coefficient (Wildman–Crippen LogP) is 2.71. The Hall–Kier alpha value is -1.33. The highest BCUT2D eigenvalue weighted by Crippen LogP contribution is 2.20. The first kappa shape index (κ1) is 16.7. The van der Waals surface area contributed by atoms with Gasteiger partial charge in [-0.1, -0.05) is 25.4 Å². The second-order valence-electron chi connectivity index (χ2n) is 4.52. The monoisotopic (exact) mass is 299 g/mol. The molecule has 1 amide bonds. The molecule has 0 aliphatic carbocycles. The molecule has 1 aromatic heterocycles. The molecule has 0 aromatic carbocycles. The average Bonchev–Trinajstić information content (AvgIpc) is 2.45. The number of aromatic nitrogens is 1. The lowest BCUT2D eigenvalue weighted by molar-refractivity contribution is 0.0894. The normalized spacial score (nSPS) is 12.0. The lowest BCUT2D eigenvalue weighted by Gasteiger charge is -2.16. The van der Waals surface area contributed by atoms with Gasteiger partial charge in [-0.05, 0) is 18.9 Å². The van der Waals surface area contributed by atoms with E-state index in [0.717, 1.165) is 19.4 Å². The van der Waals surface area contributed by atoms with E-state index in [1.54, 1.807) is 13.2 Å². The van der Waals surface area contributed by atoms with E-state index in [0.29, 0.717) is 23.0 Å². The summed E-state index contributed by atoms with van der Waals surface area (Å²) in [5, 5.41) is 6.45. The maximum atomic E-state index is 12.1. The summed E-state index contributed by atoms with van der Waals surface area (Å²) >= 11 is 6.11. The number of amides is 1. The molecule has 2 N–H and O–H groups in total. The van der Waals surface area contributed by atoms with Crippen LogP contribution in [0.15, 0.2) is 12.3 Å². The summed E-state index contributed by atoms with van der Waals surface area (Å²) in [6.45, 7) is 5.33. The highest BCUT2D eigenvalue weighted by molar-refractivity contribution is 6.33. The van der Waals surface area contributed by atoms with Crippen LogP contribution >= 0.6 is 11.6 Å². The molecule has 0 spiro atoms. The fraction of sp³-hybridized carbons (Fsp3) is 0.571. The Morgan fingerprint density at radius 1 is 1.50 bits per heavy atom. The molecule has 0 saturated heterocycles. The van der Waals surface area contributed by atoms with E-state index < -0.39 is 0 Å². The minimum atomic E-state index is -0.189. The van der Waals surface area contributed by atoms with Gasteiger partial charge in [0, 0.05) is 19.9 Å². The number of rotatable bonds is 8. The Labute approximate surface area is 125 Å². The standard InChI is InChI=1S/C14H22ClN3O2/c1-4-6-16-13-12(15)7-10(8-17-13)14(19)18-11(5-2)9-20-3/h7-8,11H,4-6,9H2,1-3H3,(H,16,17)(H,18,19). The molecule has 0 fully saturated rings. The second kappa shape index (κ2) is 8.76. The van der Waals surface area contributed by atoms with Gasteiger partial charge in [-0.3, -0.25) is 4.79 Å². The SMILES string of the molecule is CCCNc1ncc(C(=O)NC(CC)COC)cc1Cl. The Balaban J connectivity index is 2.71. The number of carbonyl (C=O) groups is 1. The van der Waals surface area contributed by atoms with Crippen LogP contribution in [0.2, 0.25) is 5.02 Å². The molecule has 1 aromatic rings. The number of carbonyl (C=O) groups excluding carboxylic acids is 1. The quantitative estimate of drug-likeness (QED) is 0.775. The second-order valence-corrected chi connectivity index (χ2v) is 4.92. The fourth-order valence-corrected chi connectivity index (χ4v) is 1.90. The van der Waals surface area contributed by atoms with Crippen molar-refractivity contribution in [3.05, 3.63) is 22.8 Å². The van der Waals surface area contributed by atoms with Crippen LogP contribution in [0.5, 0.6) is 0 Å². The summed E-state index contributed by atoms with van der Waals surface area (Å²) < 4.78 is 5.05. The van der Waals surface area contributed by atoms with Gasteiger partial charge in [-0.25, -0.2) is 4.98 Å². The van der Waals surface area contributed by atoms with Crippen LogP contribution in [-0.4, -0.2) is 37.2 Å². The number of hydrogen-bond donors (Lipinski definition) is 2. The van der Waals surface area contributed by atoms with E-state index in [2.05, 4.69) is 22.5 Å². The van der Waals surface area contributed by atoms with Gasteiger partial charge >= 0.3 is 0 Å². The molecule has 5 nitrogen and oxygen atoms in total. The maximum Gasteiger partial charge on any atom is 0.253 e. The zero-order chi connectivity index (χ0) is 15.0. The summed E-state index contributed by atoms with van der Waals surface area (Å²) in [5.74, 6) is 0.416. The van der Waals surface area contributed by atoms with Gasteiger partial charge < -0.3 is 15.4 Å². The van der Waals surface area contributed by atoms with Crippen LogP contribution in [0.25, 0.3) is 0 Å². The summed E-state index contributed by atoms with van der Waals surface area (Å²) in [5.41, 5.74) is 0.451. The first-order valence-electron chi connectivity index (χ1n) is 6.81. The molecule has 6 heteroatoms. The smallest absolute Gasteiger partial charge is 0.253 e. The predicted molar refractivity (Wildman–Crippen MR) is 81.4 cm³/mol. The van der Waals surface area contributed by atoms with E-state index in [1.165, 1.54) is 6.20 Å². The van der Waals surface area contributed by atoms with Crippen LogP contribution in [-0.2, 0) is 4.74 Å². The minimum Gasteiger partial charge on any atom is -0.383 e. The summed E-state index contributed by atoms with van der Waals surface area (Å²) in [6, 6.07) is 1.62. The van der Waals surface area contributed by atoms with Crippen LogP contribution in [0.1, 0.15) is 37.0 Å². The highest BCUT2D eigenvalue weighted by Gasteiger charge is 2.14. The van der Waals surface area contributed by atoms with Crippen molar-refractivity contribution >= 4 is 23.3 Å². The van der Waals surface area contributed by atoms with Crippen molar-refractivity contribution in [3.63, 3.8) is 0 Å². The van der Waals surface area contributed by atoms with E-state index in [4.69, 9.17) is 16.3 Å². The van der Waals surface area contributed by atoms with Crippen LogP contribution in [0, 0.1) is 0 Å². The Morgan fingerprint density at radius 2 is 2.25 bits per heavy atom. The van der Waals surface area contributed by atoms with Crippen molar-refractivity contribution in [1.82, 2.24) is 10.3 Å². The maximum absolute atomic E-state index is 12.1. The fourth-order valence-electron chi connectivity index (χ4n) is 1.67. The van der Waals surface area contributed by atoms with Crippen LogP contribution < -0.4 is 10.6 Å². The van der Waals surface area contributed by atoms with Gasteiger partial charge in [0.15, 0.2) is 0 Å². The number of nitrogens with zero attached hydrogens (tertiary/aromatic N) is 1. The Kier molecular flexibility index (Phi) is 7.33. The Morgan fingerprint density at radius 3 is 2.80 bits per heavy atom. The summed E-state index contributed by atoms with van der Waals surface area (Å²) in [6.07, 6.45) is 3.31. The van der Waals surface area contributed by atoms with Crippen LogP contribution in [0.4, 0.5) is 5.82 Å². The number of methoxy groups -OCH3 is 1. The number of pyridine rings is 1. The molecule has 1 heterocycles. The molecular formula is C14H22ClN3O2. The minimum absolute atomic E-state index is 0.0100. The van der Waals surface area contributed by atoms with E-state index >= 15 is 0 Å². The third-order valence-corrected chi connectivity index (χ3v) is 3.13. The summed E-state index contributed by atoms with van der Waals surface area (Å²) in [4.78, 5) is 16.3.